The molecular weight excluding hydrogens is 212 g/mol. The van der Waals surface area contributed by atoms with Gasteiger partial charge >= 0.3 is 0 Å². The van der Waals surface area contributed by atoms with Crippen molar-refractivity contribution in [2.45, 2.75) is 51.4 Å². The van der Waals surface area contributed by atoms with E-state index in [1.807, 2.05) is 6.92 Å². The minimum atomic E-state index is 0.0683. The Bertz CT molecular complexity index is 402. The number of piperidine rings is 1. The zero-order chi connectivity index (χ0) is 11.8. The van der Waals surface area contributed by atoms with Gasteiger partial charge in [-0.15, -0.1) is 0 Å². The number of aliphatic imine (C=N–C) groups is 2. The normalized spacial score (nSPS) is 36.6. The van der Waals surface area contributed by atoms with Gasteiger partial charge in [0.15, 0.2) is 6.17 Å². The molecule has 1 saturated heterocycles. The molecule has 4 heteroatoms. The highest BCUT2D eigenvalue weighted by atomic mass is 15.2. The Balaban J connectivity index is 1.78. The Labute approximate surface area is 102 Å². The molecular formula is C13H20N4. The molecule has 2 N–H and O–H groups in total. The molecule has 1 fully saturated rings. The number of hydrogen-bond acceptors (Lipinski definition) is 4. The third kappa shape index (κ3) is 2.02. The molecule has 4 nitrogen and oxygen atoms in total. The molecule has 3 aliphatic heterocycles. The highest BCUT2D eigenvalue weighted by molar-refractivity contribution is 5.96. The van der Waals surface area contributed by atoms with Crippen LogP contribution in [0.15, 0.2) is 21.6 Å². The van der Waals surface area contributed by atoms with Gasteiger partial charge in [0.2, 0.25) is 0 Å². The van der Waals surface area contributed by atoms with Crippen molar-refractivity contribution in [2.24, 2.45) is 9.98 Å². The summed E-state index contributed by atoms with van der Waals surface area (Å²) >= 11 is 0. The van der Waals surface area contributed by atoms with Crippen molar-refractivity contribution in [1.82, 2.24) is 10.6 Å². The van der Waals surface area contributed by atoms with Gasteiger partial charge in [-0.1, -0.05) is 6.42 Å². The summed E-state index contributed by atoms with van der Waals surface area (Å²) in [5.41, 5.74) is 2.43. The summed E-state index contributed by atoms with van der Waals surface area (Å²) in [6.45, 7) is 5.32. The summed E-state index contributed by atoms with van der Waals surface area (Å²) in [5.74, 6) is 1.12. The molecule has 0 aromatic heterocycles. The number of allylic oxidation sites excluding steroid dienone is 1. The van der Waals surface area contributed by atoms with Crippen molar-refractivity contribution < 1.29 is 0 Å². The number of hydrogen-bond donors (Lipinski definition) is 2. The largest absolute Gasteiger partial charge is 0.362 e. The van der Waals surface area contributed by atoms with Gasteiger partial charge in [-0.05, 0) is 44.9 Å². The molecule has 17 heavy (non-hydrogen) atoms. The van der Waals surface area contributed by atoms with Crippen molar-refractivity contribution >= 4 is 11.5 Å². The lowest BCUT2D eigenvalue weighted by atomic mass is 10.0. The zero-order valence-corrected chi connectivity index (χ0v) is 10.5. The van der Waals surface area contributed by atoms with Gasteiger partial charge in [0.1, 0.15) is 5.84 Å². The van der Waals surface area contributed by atoms with Crippen molar-refractivity contribution in [2.75, 3.05) is 6.54 Å². The summed E-state index contributed by atoms with van der Waals surface area (Å²) in [4.78, 5) is 9.35. The molecule has 0 aromatic carbocycles. The monoisotopic (exact) mass is 232 g/mol. The van der Waals surface area contributed by atoms with Gasteiger partial charge in [0.05, 0.1) is 12.1 Å². The smallest absolute Gasteiger partial charge is 0.165 e. The van der Waals surface area contributed by atoms with Gasteiger partial charge in [0.25, 0.3) is 0 Å². The van der Waals surface area contributed by atoms with Crippen LogP contribution < -0.4 is 10.6 Å². The minimum Gasteiger partial charge on any atom is -0.362 e. The first-order chi connectivity index (χ1) is 8.24. The third-order valence-electron chi connectivity index (χ3n) is 3.78. The lowest BCUT2D eigenvalue weighted by Gasteiger charge is -2.25. The fourth-order valence-corrected chi connectivity index (χ4v) is 2.88. The molecule has 3 atom stereocenters. The fraction of sp³-hybridized carbons (Fsp3) is 0.692. The molecule has 0 amide bonds. The quantitative estimate of drug-likeness (QED) is 0.714. The summed E-state index contributed by atoms with van der Waals surface area (Å²) in [6.07, 6.45) is 5.99. The van der Waals surface area contributed by atoms with E-state index in [0.29, 0.717) is 6.04 Å². The van der Waals surface area contributed by atoms with E-state index in [1.165, 1.54) is 24.8 Å². The molecule has 0 radical (unpaired) electrons. The number of fused-ring (bicyclic) bond motifs is 1. The van der Waals surface area contributed by atoms with Crippen LogP contribution in [0.3, 0.4) is 0 Å². The van der Waals surface area contributed by atoms with E-state index >= 15 is 0 Å². The Kier molecular flexibility index (Phi) is 2.74. The number of rotatable bonds is 1. The predicted octanol–water partition coefficient (Wildman–Crippen LogP) is 1.25. The van der Waals surface area contributed by atoms with Gasteiger partial charge in [-0.2, -0.15) is 0 Å². The minimum absolute atomic E-state index is 0.0683. The van der Waals surface area contributed by atoms with Crippen LogP contribution in [0, 0.1) is 0 Å². The fourth-order valence-electron chi connectivity index (χ4n) is 2.88. The van der Waals surface area contributed by atoms with Gasteiger partial charge in [0, 0.05) is 5.71 Å². The van der Waals surface area contributed by atoms with Crippen molar-refractivity contribution in [3.8, 4) is 0 Å². The first-order valence-corrected chi connectivity index (χ1v) is 6.54. The maximum atomic E-state index is 4.75. The van der Waals surface area contributed by atoms with Crippen LogP contribution in [0.5, 0.6) is 0 Å². The second kappa shape index (κ2) is 4.26. The van der Waals surface area contributed by atoms with E-state index < -0.39 is 0 Å². The lowest BCUT2D eigenvalue weighted by Crippen LogP contribution is -2.47. The van der Waals surface area contributed by atoms with E-state index in [2.05, 4.69) is 28.6 Å². The molecule has 3 heterocycles. The van der Waals surface area contributed by atoms with Crippen LogP contribution >= 0.6 is 0 Å². The Morgan fingerprint density at radius 2 is 2.12 bits per heavy atom. The maximum Gasteiger partial charge on any atom is 0.165 e. The number of nitrogens with zero attached hydrogens (tertiary/aromatic N) is 2. The van der Waals surface area contributed by atoms with Gasteiger partial charge in [-0.3, -0.25) is 4.99 Å². The van der Waals surface area contributed by atoms with E-state index in [9.17, 15) is 0 Å². The van der Waals surface area contributed by atoms with Gasteiger partial charge in [-0.25, -0.2) is 4.99 Å². The average molecular weight is 232 g/mol. The summed E-state index contributed by atoms with van der Waals surface area (Å²) < 4.78 is 0. The Hall–Kier alpha value is -1.16. The molecule has 0 aliphatic carbocycles. The second-order valence-corrected chi connectivity index (χ2v) is 5.21. The van der Waals surface area contributed by atoms with Crippen molar-refractivity contribution in [3.63, 3.8) is 0 Å². The second-order valence-electron chi connectivity index (χ2n) is 5.21. The first kappa shape index (κ1) is 11.0. The summed E-state index contributed by atoms with van der Waals surface area (Å²) in [6, 6.07) is 0.704. The standard InChI is InChI=1S/C13H20N4/c1-8-7-9(2)15-13-11(8)16-12(17-13)10-5-3-4-6-14-10/h7,10-11,13-14H,3-6H2,1-2H3,(H,16,17)/t10-,11?,13?/m0/s1. The zero-order valence-electron chi connectivity index (χ0n) is 10.5. The van der Waals surface area contributed by atoms with Crippen LogP contribution in [0.25, 0.3) is 0 Å². The Morgan fingerprint density at radius 3 is 2.88 bits per heavy atom. The highest BCUT2D eigenvalue weighted by Crippen LogP contribution is 2.23. The highest BCUT2D eigenvalue weighted by Gasteiger charge is 2.34. The molecule has 0 aromatic rings. The van der Waals surface area contributed by atoms with Gasteiger partial charge < -0.3 is 10.6 Å². The van der Waals surface area contributed by atoms with Crippen LogP contribution in [0.2, 0.25) is 0 Å². The van der Waals surface area contributed by atoms with Crippen LogP contribution in [-0.4, -0.2) is 36.3 Å². The van der Waals surface area contributed by atoms with E-state index in [0.717, 1.165) is 18.1 Å². The Morgan fingerprint density at radius 1 is 1.24 bits per heavy atom. The molecule has 0 bridgehead atoms. The number of dihydropyridines is 1. The molecule has 3 aliphatic rings. The number of nitrogens with one attached hydrogen (secondary N) is 2. The summed E-state index contributed by atoms with van der Waals surface area (Å²) in [5, 5.41) is 7.08. The molecule has 3 rings (SSSR count). The van der Waals surface area contributed by atoms with Crippen LogP contribution in [0.4, 0.5) is 0 Å². The van der Waals surface area contributed by atoms with Crippen molar-refractivity contribution in [1.29, 1.82) is 0 Å². The van der Waals surface area contributed by atoms with E-state index in [1.54, 1.807) is 0 Å². The van der Waals surface area contributed by atoms with E-state index in [4.69, 9.17) is 4.99 Å². The van der Waals surface area contributed by atoms with Crippen LogP contribution in [0.1, 0.15) is 33.1 Å². The van der Waals surface area contributed by atoms with E-state index in [-0.39, 0.29) is 12.2 Å². The maximum absolute atomic E-state index is 4.75. The average Bonchev–Trinajstić information content (AvgIpc) is 2.74. The molecule has 2 unspecified atom stereocenters. The molecule has 92 valence electrons. The topological polar surface area (TPSA) is 48.8 Å². The SMILES string of the molecule is CC1=CC(C)=NC2N=C([C@@H]3CCCCN3)NC12. The number of amidine groups is 1. The summed E-state index contributed by atoms with van der Waals surface area (Å²) in [7, 11) is 0. The predicted molar refractivity (Wildman–Crippen MR) is 70.7 cm³/mol. The molecule has 0 saturated carbocycles. The van der Waals surface area contributed by atoms with Crippen molar-refractivity contribution in [3.05, 3.63) is 11.6 Å². The molecule has 0 spiro atoms. The van der Waals surface area contributed by atoms with Crippen LogP contribution in [-0.2, 0) is 0 Å². The lowest BCUT2D eigenvalue weighted by molar-refractivity contribution is 0.465. The third-order valence-corrected chi connectivity index (χ3v) is 3.78. The first-order valence-electron chi connectivity index (χ1n) is 6.54.